The van der Waals surface area contributed by atoms with Gasteiger partial charge in [0.25, 0.3) is 0 Å². The molecule has 0 radical (unpaired) electrons. The Kier molecular flexibility index (Phi) is 2.55. The normalized spacial score (nSPS) is 10.0. The van der Waals surface area contributed by atoms with Crippen molar-refractivity contribution in [1.82, 2.24) is 4.98 Å². The van der Waals surface area contributed by atoms with E-state index in [1.54, 1.807) is 6.20 Å². The highest BCUT2D eigenvalue weighted by molar-refractivity contribution is 5.97. The van der Waals surface area contributed by atoms with E-state index in [2.05, 4.69) is 4.98 Å². The lowest BCUT2D eigenvalue weighted by molar-refractivity contribution is 0.0697. The number of benzene rings is 1. The van der Waals surface area contributed by atoms with Crippen LogP contribution in [0.1, 0.15) is 10.4 Å². The first kappa shape index (κ1) is 10.2. The molecule has 4 nitrogen and oxygen atoms in total. The van der Waals surface area contributed by atoms with Crippen LogP contribution in [0, 0.1) is 0 Å². The second kappa shape index (κ2) is 4.02. The molecule has 0 aliphatic carbocycles. The van der Waals surface area contributed by atoms with Crippen molar-refractivity contribution in [2.24, 2.45) is 0 Å². The lowest BCUT2D eigenvalue weighted by Gasteiger charge is -2.07. The molecule has 2 aromatic rings. The summed E-state index contributed by atoms with van der Waals surface area (Å²) in [5.74, 6) is -1.07. The molecule has 0 aliphatic rings. The van der Waals surface area contributed by atoms with Crippen LogP contribution >= 0.6 is 0 Å². The van der Waals surface area contributed by atoms with Gasteiger partial charge in [-0.05, 0) is 5.56 Å². The number of anilines is 1. The van der Waals surface area contributed by atoms with Crippen molar-refractivity contribution in [1.29, 1.82) is 0 Å². The minimum Gasteiger partial charge on any atom is -0.478 e. The summed E-state index contributed by atoms with van der Waals surface area (Å²) < 4.78 is 0. The van der Waals surface area contributed by atoms with Crippen LogP contribution in [-0.4, -0.2) is 16.1 Å². The van der Waals surface area contributed by atoms with Gasteiger partial charge >= 0.3 is 5.97 Å². The standard InChI is InChI=1S/C12H10N2O2/c13-11-9(8-4-2-1-3-5-8)6-14-7-10(11)12(15)16/h1-7H,(H2,13,14)(H,15,16). The summed E-state index contributed by atoms with van der Waals surface area (Å²) in [4.78, 5) is 14.8. The molecule has 0 amide bonds. The third-order valence-electron chi connectivity index (χ3n) is 2.30. The highest BCUT2D eigenvalue weighted by Crippen LogP contribution is 2.27. The van der Waals surface area contributed by atoms with Crippen LogP contribution < -0.4 is 5.73 Å². The first-order valence-electron chi connectivity index (χ1n) is 4.72. The zero-order valence-corrected chi connectivity index (χ0v) is 8.42. The summed E-state index contributed by atoms with van der Waals surface area (Å²) in [6, 6.07) is 9.33. The van der Waals surface area contributed by atoms with Crippen molar-refractivity contribution in [2.45, 2.75) is 0 Å². The lowest BCUT2D eigenvalue weighted by Crippen LogP contribution is -2.04. The molecule has 0 atom stereocenters. The van der Waals surface area contributed by atoms with E-state index < -0.39 is 5.97 Å². The van der Waals surface area contributed by atoms with E-state index in [0.29, 0.717) is 5.56 Å². The Labute approximate surface area is 92.4 Å². The van der Waals surface area contributed by atoms with Gasteiger partial charge in [-0.3, -0.25) is 4.98 Å². The zero-order chi connectivity index (χ0) is 11.5. The first-order valence-corrected chi connectivity index (χ1v) is 4.72. The second-order valence-corrected chi connectivity index (χ2v) is 3.32. The van der Waals surface area contributed by atoms with Crippen molar-refractivity contribution in [3.8, 4) is 11.1 Å². The maximum atomic E-state index is 10.9. The van der Waals surface area contributed by atoms with Gasteiger partial charge in [0.1, 0.15) is 5.56 Å². The number of hydrogen-bond donors (Lipinski definition) is 2. The van der Waals surface area contributed by atoms with Crippen LogP contribution in [0.3, 0.4) is 0 Å². The fraction of sp³-hybridized carbons (Fsp3) is 0. The molecule has 1 heterocycles. The Balaban J connectivity index is 2.59. The predicted octanol–water partition coefficient (Wildman–Crippen LogP) is 2.03. The van der Waals surface area contributed by atoms with Gasteiger partial charge in [0.2, 0.25) is 0 Å². The fourth-order valence-electron chi connectivity index (χ4n) is 1.49. The Hall–Kier alpha value is -2.36. The van der Waals surface area contributed by atoms with E-state index in [4.69, 9.17) is 10.8 Å². The third kappa shape index (κ3) is 1.72. The summed E-state index contributed by atoms with van der Waals surface area (Å²) >= 11 is 0. The van der Waals surface area contributed by atoms with Gasteiger partial charge in [0.15, 0.2) is 0 Å². The predicted molar refractivity (Wildman–Crippen MR) is 61.0 cm³/mol. The van der Waals surface area contributed by atoms with E-state index >= 15 is 0 Å². The zero-order valence-electron chi connectivity index (χ0n) is 8.42. The van der Waals surface area contributed by atoms with Crippen molar-refractivity contribution >= 4 is 11.7 Å². The van der Waals surface area contributed by atoms with E-state index in [1.165, 1.54) is 6.20 Å². The van der Waals surface area contributed by atoms with E-state index in [-0.39, 0.29) is 11.3 Å². The maximum Gasteiger partial charge on any atom is 0.339 e. The summed E-state index contributed by atoms with van der Waals surface area (Å²) in [7, 11) is 0. The molecular formula is C12H10N2O2. The molecule has 80 valence electrons. The van der Waals surface area contributed by atoms with Crippen molar-refractivity contribution in [3.63, 3.8) is 0 Å². The topological polar surface area (TPSA) is 76.2 Å². The quantitative estimate of drug-likeness (QED) is 0.801. The Morgan fingerprint density at radius 2 is 1.88 bits per heavy atom. The number of rotatable bonds is 2. The molecule has 1 aromatic heterocycles. The summed E-state index contributed by atoms with van der Waals surface area (Å²) in [5.41, 5.74) is 7.57. The maximum absolute atomic E-state index is 10.9. The Morgan fingerprint density at radius 1 is 1.19 bits per heavy atom. The summed E-state index contributed by atoms with van der Waals surface area (Å²) in [6.07, 6.45) is 2.82. The number of pyridine rings is 1. The molecule has 0 spiro atoms. The molecule has 0 saturated heterocycles. The van der Waals surface area contributed by atoms with Gasteiger partial charge in [0.05, 0.1) is 5.69 Å². The molecule has 1 aromatic carbocycles. The van der Waals surface area contributed by atoms with Crippen LogP contribution in [0.5, 0.6) is 0 Å². The number of carboxylic acid groups (broad SMARTS) is 1. The highest BCUT2D eigenvalue weighted by atomic mass is 16.4. The van der Waals surface area contributed by atoms with Crippen molar-refractivity contribution < 1.29 is 9.90 Å². The molecule has 0 fully saturated rings. The lowest BCUT2D eigenvalue weighted by atomic mass is 10.0. The average Bonchev–Trinajstić information content (AvgIpc) is 2.30. The highest BCUT2D eigenvalue weighted by Gasteiger charge is 2.12. The molecule has 16 heavy (non-hydrogen) atoms. The van der Waals surface area contributed by atoms with E-state index in [1.807, 2.05) is 30.3 Å². The molecule has 0 saturated carbocycles. The number of aromatic nitrogens is 1. The second-order valence-electron chi connectivity index (χ2n) is 3.32. The average molecular weight is 214 g/mol. The van der Waals surface area contributed by atoms with Gasteiger partial charge in [-0.2, -0.15) is 0 Å². The number of nitrogen functional groups attached to an aromatic ring is 1. The molecule has 2 rings (SSSR count). The molecule has 3 N–H and O–H groups in total. The monoisotopic (exact) mass is 214 g/mol. The van der Waals surface area contributed by atoms with Gasteiger partial charge in [-0.25, -0.2) is 4.79 Å². The summed E-state index contributed by atoms with van der Waals surface area (Å²) in [6.45, 7) is 0. The van der Waals surface area contributed by atoms with Crippen LogP contribution in [0.2, 0.25) is 0 Å². The number of aromatic carboxylic acids is 1. The number of carbonyl (C=O) groups is 1. The molecule has 0 bridgehead atoms. The van der Waals surface area contributed by atoms with E-state index in [0.717, 1.165) is 5.56 Å². The first-order chi connectivity index (χ1) is 7.70. The smallest absolute Gasteiger partial charge is 0.339 e. The molecule has 0 aliphatic heterocycles. The van der Waals surface area contributed by atoms with Gasteiger partial charge < -0.3 is 10.8 Å². The summed E-state index contributed by atoms with van der Waals surface area (Å²) in [5, 5.41) is 8.92. The van der Waals surface area contributed by atoms with Gasteiger partial charge in [0, 0.05) is 18.0 Å². The van der Waals surface area contributed by atoms with Crippen LogP contribution in [0.25, 0.3) is 11.1 Å². The van der Waals surface area contributed by atoms with Crippen molar-refractivity contribution in [2.75, 3.05) is 5.73 Å². The fourth-order valence-corrected chi connectivity index (χ4v) is 1.49. The van der Waals surface area contributed by atoms with Crippen LogP contribution in [0.4, 0.5) is 5.69 Å². The third-order valence-corrected chi connectivity index (χ3v) is 2.30. The molecular weight excluding hydrogens is 204 g/mol. The van der Waals surface area contributed by atoms with Crippen molar-refractivity contribution in [3.05, 3.63) is 48.3 Å². The van der Waals surface area contributed by atoms with Gasteiger partial charge in [-0.1, -0.05) is 30.3 Å². The van der Waals surface area contributed by atoms with Gasteiger partial charge in [-0.15, -0.1) is 0 Å². The largest absolute Gasteiger partial charge is 0.478 e. The molecule has 0 unspecified atom stereocenters. The number of nitrogens with zero attached hydrogens (tertiary/aromatic N) is 1. The number of hydrogen-bond acceptors (Lipinski definition) is 3. The Bertz CT molecular complexity index is 524. The van der Waals surface area contributed by atoms with Crippen LogP contribution in [0.15, 0.2) is 42.7 Å². The number of nitrogens with two attached hydrogens (primary N) is 1. The number of carboxylic acids is 1. The Morgan fingerprint density at radius 3 is 2.50 bits per heavy atom. The van der Waals surface area contributed by atoms with Crippen LogP contribution in [-0.2, 0) is 0 Å². The molecule has 4 heteroatoms. The minimum atomic E-state index is -1.07. The minimum absolute atomic E-state index is 0.0290. The van der Waals surface area contributed by atoms with E-state index in [9.17, 15) is 4.79 Å². The SMILES string of the molecule is Nc1c(C(=O)O)cncc1-c1ccccc1.